The monoisotopic (exact) mass is 376 g/mol. The molecule has 25 heavy (non-hydrogen) atoms. The molecular formula is C18H11Cl2FN2O2. The Balaban J connectivity index is 1.67. The van der Waals surface area contributed by atoms with E-state index in [2.05, 4.69) is 10.5 Å². The maximum atomic E-state index is 12.8. The summed E-state index contributed by atoms with van der Waals surface area (Å²) in [5.41, 5.74) is 3.33. The van der Waals surface area contributed by atoms with Crippen LogP contribution in [0.3, 0.4) is 0 Å². The van der Waals surface area contributed by atoms with Crippen molar-refractivity contribution in [3.63, 3.8) is 0 Å². The van der Waals surface area contributed by atoms with Crippen LogP contribution in [0, 0.1) is 5.82 Å². The van der Waals surface area contributed by atoms with Gasteiger partial charge in [0.05, 0.1) is 11.2 Å². The van der Waals surface area contributed by atoms with Crippen molar-refractivity contribution in [1.82, 2.24) is 5.43 Å². The highest BCUT2D eigenvalue weighted by Crippen LogP contribution is 2.31. The number of hydrazone groups is 1. The summed E-state index contributed by atoms with van der Waals surface area (Å²) in [5, 5.41) is 4.82. The average molecular weight is 377 g/mol. The Bertz CT molecular complexity index is 937. The van der Waals surface area contributed by atoms with Gasteiger partial charge in [0, 0.05) is 16.1 Å². The third-order valence-electron chi connectivity index (χ3n) is 3.29. The fourth-order valence-electron chi connectivity index (χ4n) is 2.08. The van der Waals surface area contributed by atoms with E-state index in [1.54, 1.807) is 30.3 Å². The van der Waals surface area contributed by atoms with Gasteiger partial charge in [0.1, 0.15) is 17.3 Å². The number of carbonyl (C=O) groups is 1. The van der Waals surface area contributed by atoms with E-state index in [9.17, 15) is 9.18 Å². The van der Waals surface area contributed by atoms with E-state index in [4.69, 9.17) is 27.6 Å². The van der Waals surface area contributed by atoms with Gasteiger partial charge in [-0.2, -0.15) is 5.10 Å². The van der Waals surface area contributed by atoms with Gasteiger partial charge in [0.25, 0.3) is 5.91 Å². The Labute approximate surface area is 152 Å². The molecular weight excluding hydrogens is 366 g/mol. The molecule has 3 aromatic rings. The predicted molar refractivity (Wildman–Crippen MR) is 95.6 cm³/mol. The van der Waals surface area contributed by atoms with E-state index in [0.29, 0.717) is 32.7 Å². The number of amides is 1. The summed E-state index contributed by atoms with van der Waals surface area (Å²) in [6.07, 6.45) is 1.36. The summed E-state index contributed by atoms with van der Waals surface area (Å²) in [5.74, 6) is 0.112. The second-order valence-corrected chi connectivity index (χ2v) is 5.88. The number of benzene rings is 2. The van der Waals surface area contributed by atoms with Gasteiger partial charge in [0.15, 0.2) is 0 Å². The molecule has 0 radical (unpaired) electrons. The van der Waals surface area contributed by atoms with Crippen molar-refractivity contribution >= 4 is 35.3 Å². The van der Waals surface area contributed by atoms with Crippen molar-refractivity contribution in [2.75, 3.05) is 0 Å². The van der Waals surface area contributed by atoms with Crippen LogP contribution in [-0.4, -0.2) is 12.1 Å². The molecule has 0 spiro atoms. The number of hydrogen-bond donors (Lipinski definition) is 1. The maximum absolute atomic E-state index is 12.8. The predicted octanol–water partition coefficient (Wildman–Crippen LogP) is 5.16. The molecule has 126 valence electrons. The van der Waals surface area contributed by atoms with E-state index >= 15 is 0 Å². The Kier molecular flexibility index (Phi) is 5.16. The third-order valence-corrected chi connectivity index (χ3v) is 3.84. The first kappa shape index (κ1) is 17.2. The van der Waals surface area contributed by atoms with Crippen molar-refractivity contribution in [1.29, 1.82) is 0 Å². The van der Waals surface area contributed by atoms with E-state index < -0.39 is 11.7 Å². The van der Waals surface area contributed by atoms with Crippen molar-refractivity contribution in [2.24, 2.45) is 5.10 Å². The molecule has 0 bridgehead atoms. The summed E-state index contributed by atoms with van der Waals surface area (Å²) >= 11 is 12.0. The highest BCUT2D eigenvalue weighted by molar-refractivity contribution is 6.36. The van der Waals surface area contributed by atoms with E-state index in [1.165, 1.54) is 30.5 Å². The standard InChI is InChI=1S/C18H11Cl2FN2O2/c19-12-3-7-15(16(20)9-12)17-8-6-14(25-17)10-22-23-18(24)11-1-4-13(21)5-2-11/h1-10H,(H,23,24)/b22-10-. The van der Waals surface area contributed by atoms with Gasteiger partial charge in [-0.1, -0.05) is 23.2 Å². The molecule has 0 saturated carbocycles. The molecule has 2 aromatic carbocycles. The fourth-order valence-corrected chi connectivity index (χ4v) is 2.58. The molecule has 0 saturated heterocycles. The lowest BCUT2D eigenvalue weighted by Gasteiger charge is -2.01. The van der Waals surface area contributed by atoms with Gasteiger partial charge in [0.2, 0.25) is 0 Å². The van der Waals surface area contributed by atoms with Crippen molar-refractivity contribution in [3.05, 3.63) is 81.8 Å². The molecule has 0 atom stereocenters. The van der Waals surface area contributed by atoms with Crippen LogP contribution < -0.4 is 5.43 Å². The van der Waals surface area contributed by atoms with Crippen LogP contribution in [0.2, 0.25) is 10.0 Å². The zero-order valence-electron chi connectivity index (χ0n) is 12.7. The Morgan fingerprint density at radius 3 is 2.56 bits per heavy atom. The lowest BCUT2D eigenvalue weighted by molar-refractivity contribution is 0.0955. The second-order valence-electron chi connectivity index (χ2n) is 5.03. The minimum atomic E-state index is -0.455. The minimum Gasteiger partial charge on any atom is -0.455 e. The average Bonchev–Trinajstić information content (AvgIpc) is 3.04. The molecule has 0 fully saturated rings. The first-order chi connectivity index (χ1) is 12.0. The zero-order valence-corrected chi connectivity index (χ0v) is 14.2. The number of furan rings is 1. The first-order valence-electron chi connectivity index (χ1n) is 7.17. The van der Waals surface area contributed by atoms with Crippen molar-refractivity contribution in [3.8, 4) is 11.3 Å². The molecule has 1 aromatic heterocycles. The van der Waals surface area contributed by atoms with E-state index in [0.717, 1.165) is 0 Å². The van der Waals surface area contributed by atoms with Gasteiger partial charge >= 0.3 is 0 Å². The maximum Gasteiger partial charge on any atom is 0.271 e. The Hall–Kier alpha value is -2.63. The fraction of sp³-hybridized carbons (Fsp3) is 0. The largest absolute Gasteiger partial charge is 0.455 e. The number of rotatable bonds is 4. The number of nitrogens with one attached hydrogen (secondary N) is 1. The second kappa shape index (κ2) is 7.51. The Morgan fingerprint density at radius 2 is 1.84 bits per heavy atom. The van der Waals surface area contributed by atoms with E-state index in [1.807, 2.05) is 0 Å². The van der Waals surface area contributed by atoms with Gasteiger partial charge in [-0.3, -0.25) is 4.79 Å². The number of hydrogen-bond acceptors (Lipinski definition) is 3. The molecule has 1 heterocycles. The van der Waals surface area contributed by atoms with Crippen molar-refractivity contribution < 1.29 is 13.6 Å². The smallest absolute Gasteiger partial charge is 0.271 e. The van der Waals surface area contributed by atoms with Crippen LogP contribution in [-0.2, 0) is 0 Å². The summed E-state index contributed by atoms with van der Waals surface area (Å²) in [6, 6.07) is 13.6. The van der Waals surface area contributed by atoms with Crippen molar-refractivity contribution in [2.45, 2.75) is 0 Å². The lowest BCUT2D eigenvalue weighted by atomic mass is 10.2. The third kappa shape index (κ3) is 4.26. The molecule has 0 aliphatic rings. The molecule has 4 nitrogen and oxygen atoms in total. The number of halogens is 3. The van der Waals surface area contributed by atoms with Gasteiger partial charge in [-0.25, -0.2) is 9.82 Å². The molecule has 7 heteroatoms. The van der Waals surface area contributed by atoms with Gasteiger partial charge < -0.3 is 4.42 Å². The summed E-state index contributed by atoms with van der Waals surface area (Å²) in [4.78, 5) is 11.8. The van der Waals surface area contributed by atoms with E-state index in [-0.39, 0.29) is 0 Å². The topological polar surface area (TPSA) is 54.6 Å². The summed E-state index contributed by atoms with van der Waals surface area (Å²) in [6.45, 7) is 0. The summed E-state index contributed by atoms with van der Waals surface area (Å²) < 4.78 is 18.4. The SMILES string of the molecule is O=C(N/N=C\c1ccc(-c2ccc(Cl)cc2Cl)o1)c1ccc(F)cc1. The highest BCUT2D eigenvalue weighted by Gasteiger charge is 2.09. The normalized spacial score (nSPS) is 11.0. The molecule has 3 rings (SSSR count). The number of carbonyl (C=O) groups excluding carboxylic acids is 1. The van der Waals surface area contributed by atoms with Crippen LogP contribution in [0.25, 0.3) is 11.3 Å². The Morgan fingerprint density at radius 1 is 1.08 bits per heavy atom. The quantitative estimate of drug-likeness (QED) is 0.505. The van der Waals surface area contributed by atoms with Crippen LogP contribution in [0.5, 0.6) is 0 Å². The van der Waals surface area contributed by atoms with Gasteiger partial charge in [-0.15, -0.1) is 0 Å². The molecule has 1 N–H and O–H groups in total. The van der Waals surface area contributed by atoms with Crippen LogP contribution in [0.4, 0.5) is 4.39 Å². The molecule has 0 unspecified atom stereocenters. The summed E-state index contributed by atoms with van der Waals surface area (Å²) in [7, 11) is 0. The number of nitrogens with zero attached hydrogens (tertiary/aromatic N) is 1. The molecule has 0 aliphatic carbocycles. The van der Waals surface area contributed by atoms with Gasteiger partial charge in [-0.05, 0) is 54.6 Å². The first-order valence-corrected chi connectivity index (χ1v) is 7.93. The lowest BCUT2D eigenvalue weighted by Crippen LogP contribution is -2.17. The van der Waals surface area contributed by atoms with Crippen LogP contribution >= 0.6 is 23.2 Å². The highest BCUT2D eigenvalue weighted by atomic mass is 35.5. The van der Waals surface area contributed by atoms with Crippen LogP contribution in [0.1, 0.15) is 16.1 Å². The molecule has 1 amide bonds. The zero-order chi connectivity index (χ0) is 17.8. The minimum absolute atomic E-state index is 0.298. The molecule has 0 aliphatic heterocycles. The van der Waals surface area contributed by atoms with Crippen LogP contribution in [0.15, 0.2) is 64.1 Å².